The molecule has 0 aromatic carbocycles. The van der Waals surface area contributed by atoms with Crippen molar-refractivity contribution in [1.82, 2.24) is 9.78 Å². The first-order valence-electron chi connectivity index (χ1n) is 5.20. The number of nitrogens with zero attached hydrogens (tertiary/aromatic N) is 2. The zero-order valence-electron chi connectivity index (χ0n) is 9.24. The van der Waals surface area contributed by atoms with Gasteiger partial charge in [0.2, 0.25) is 0 Å². The van der Waals surface area contributed by atoms with Crippen molar-refractivity contribution < 1.29 is 20.1 Å². The van der Waals surface area contributed by atoms with Crippen molar-refractivity contribution >= 4 is 0 Å². The van der Waals surface area contributed by atoms with Gasteiger partial charge in [-0.05, 0) is 19.9 Å². The van der Waals surface area contributed by atoms with Gasteiger partial charge in [0.05, 0.1) is 12.3 Å². The van der Waals surface area contributed by atoms with Gasteiger partial charge < -0.3 is 20.1 Å². The van der Waals surface area contributed by atoms with Crippen LogP contribution >= 0.6 is 0 Å². The molecule has 1 aromatic rings. The second-order valence-corrected chi connectivity index (χ2v) is 4.10. The van der Waals surface area contributed by atoms with Gasteiger partial charge in [0.1, 0.15) is 18.3 Å². The largest absolute Gasteiger partial charge is 0.394 e. The number of ether oxygens (including phenoxy) is 1. The van der Waals surface area contributed by atoms with E-state index in [0.717, 1.165) is 11.4 Å². The minimum atomic E-state index is -1.08. The van der Waals surface area contributed by atoms with E-state index in [1.807, 2.05) is 19.9 Å². The van der Waals surface area contributed by atoms with Gasteiger partial charge in [0.15, 0.2) is 6.23 Å². The molecule has 0 spiro atoms. The summed E-state index contributed by atoms with van der Waals surface area (Å²) < 4.78 is 6.89. The summed E-state index contributed by atoms with van der Waals surface area (Å²) >= 11 is 0. The van der Waals surface area contributed by atoms with Crippen LogP contribution in [-0.2, 0) is 4.74 Å². The lowest BCUT2D eigenvalue weighted by molar-refractivity contribution is -0.0596. The fourth-order valence-electron chi connectivity index (χ4n) is 1.99. The van der Waals surface area contributed by atoms with Crippen LogP contribution in [0.2, 0.25) is 0 Å². The molecule has 1 fully saturated rings. The molecule has 0 unspecified atom stereocenters. The summed E-state index contributed by atoms with van der Waals surface area (Å²) in [5, 5.41) is 32.6. The Morgan fingerprint density at radius 3 is 2.50 bits per heavy atom. The predicted molar refractivity (Wildman–Crippen MR) is 54.7 cm³/mol. The van der Waals surface area contributed by atoms with Gasteiger partial charge in [-0.3, -0.25) is 0 Å². The first-order valence-corrected chi connectivity index (χ1v) is 5.20. The van der Waals surface area contributed by atoms with Crippen LogP contribution in [0.5, 0.6) is 0 Å². The van der Waals surface area contributed by atoms with Crippen LogP contribution in [0.4, 0.5) is 0 Å². The second kappa shape index (κ2) is 4.14. The quantitative estimate of drug-likeness (QED) is 0.611. The molecule has 1 aliphatic heterocycles. The Hall–Kier alpha value is -0.950. The van der Waals surface area contributed by atoms with Crippen molar-refractivity contribution in [2.75, 3.05) is 6.61 Å². The summed E-state index contributed by atoms with van der Waals surface area (Å²) in [6.07, 6.45) is -3.65. The first kappa shape index (κ1) is 11.5. The highest BCUT2D eigenvalue weighted by Crippen LogP contribution is 2.29. The maximum Gasteiger partial charge on any atom is 0.179 e. The van der Waals surface area contributed by atoms with E-state index in [4.69, 9.17) is 9.84 Å². The van der Waals surface area contributed by atoms with Crippen molar-refractivity contribution in [1.29, 1.82) is 0 Å². The van der Waals surface area contributed by atoms with Gasteiger partial charge >= 0.3 is 0 Å². The minimum absolute atomic E-state index is 0.325. The zero-order valence-corrected chi connectivity index (χ0v) is 9.24. The highest BCUT2D eigenvalue weighted by Gasteiger charge is 2.44. The Balaban J connectivity index is 2.26. The van der Waals surface area contributed by atoms with E-state index in [9.17, 15) is 10.2 Å². The fraction of sp³-hybridized carbons (Fsp3) is 0.700. The van der Waals surface area contributed by atoms with E-state index in [1.54, 1.807) is 0 Å². The SMILES string of the molecule is Cc1cc(C)n([C@@H]2O[C@H](CO)[C@@H](O)[C@H]2O)n1. The lowest BCUT2D eigenvalue weighted by atomic mass is 10.1. The average Bonchev–Trinajstić information content (AvgIpc) is 2.70. The maximum atomic E-state index is 9.80. The van der Waals surface area contributed by atoms with Crippen LogP contribution in [0.25, 0.3) is 0 Å². The highest BCUT2D eigenvalue weighted by atomic mass is 16.6. The molecule has 0 amide bonds. The number of hydrogen-bond acceptors (Lipinski definition) is 5. The van der Waals surface area contributed by atoms with Gasteiger partial charge in [-0.15, -0.1) is 0 Å². The third-order valence-corrected chi connectivity index (χ3v) is 2.80. The smallest absolute Gasteiger partial charge is 0.179 e. The van der Waals surface area contributed by atoms with Crippen LogP contribution in [0, 0.1) is 13.8 Å². The number of rotatable bonds is 2. The topological polar surface area (TPSA) is 87.7 Å². The van der Waals surface area contributed by atoms with Crippen molar-refractivity contribution in [3.8, 4) is 0 Å². The number of aliphatic hydroxyl groups is 3. The van der Waals surface area contributed by atoms with Crippen molar-refractivity contribution in [3.05, 3.63) is 17.5 Å². The van der Waals surface area contributed by atoms with Crippen LogP contribution < -0.4 is 0 Å². The molecule has 0 bridgehead atoms. The highest BCUT2D eigenvalue weighted by molar-refractivity contribution is 5.08. The van der Waals surface area contributed by atoms with Crippen LogP contribution in [0.1, 0.15) is 17.6 Å². The number of hydrogen-bond donors (Lipinski definition) is 3. The van der Waals surface area contributed by atoms with Gasteiger partial charge in [-0.25, -0.2) is 4.68 Å². The summed E-state index contributed by atoms with van der Waals surface area (Å²) in [6, 6.07) is 1.86. The fourth-order valence-corrected chi connectivity index (χ4v) is 1.99. The molecule has 90 valence electrons. The van der Waals surface area contributed by atoms with E-state index in [0.29, 0.717) is 0 Å². The molecular weight excluding hydrogens is 212 g/mol. The molecule has 2 rings (SSSR count). The Morgan fingerprint density at radius 2 is 2.06 bits per heavy atom. The molecule has 3 N–H and O–H groups in total. The molecule has 1 aromatic heterocycles. The number of aromatic nitrogens is 2. The average molecular weight is 228 g/mol. The molecule has 6 nitrogen and oxygen atoms in total. The van der Waals surface area contributed by atoms with Crippen molar-refractivity contribution in [3.63, 3.8) is 0 Å². The van der Waals surface area contributed by atoms with Gasteiger partial charge in [-0.2, -0.15) is 5.10 Å². The van der Waals surface area contributed by atoms with E-state index < -0.39 is 24.5 Å². The Labute approximate surface area is 93.1 Å². The van der Waals surface area contributed by atoms with Crippen LogP contribution in [-0.4, -0.2) is 50.0 Å². The molecule has 0 radical (unpaired) electrons. The molecule has 2 heterocycles. The predicted octanol–water partition coefficient (Wildman–Crippen LogP) is -0.889. The van der Waals surface area contributed by atoms with Crippen LogP contribution in [0.15, 0.2) is 6.07 Å². The zero-order chi connectivity index (χ0) is 11.9. The van der Waals surface area contributed by atoms with Gasteiger partial charge in [0.25, 0.3) is 0 Å². The first-order chi connectivity index (χ1) is 7.54. The normalized spacial score (nSPS) is 34.6. The lowest BCUT2D eigenvalue weighted by Gasteiger charge is -2.16. The lowest BCUT2D eigenvalue weighted by Crippen LogP contribution is -2.33. The van der Waals surface area contributed by atoms with Crippen molar-refractivity contribution in [2.45, 2.75) is 38.4 Å². The third-order valence-electron chi connectivity index (χ3n) is 2.80. The number of aliphatic hydroxyl groups excluding tert-OH is 3. The van der Waals surface area contributed by atoms with E-state index in [1.165, 1.54) is 4.68 Å². The minimum Gasteiger partial charge on any atom is -0.394 e. The number of aryl methyl sites for hydroxylation is 2. The standard InChI is InChI=1S/C10H16N2O4/c1-5-3-6(2)12(11-5)10-9(15)8(14)7(4-13)16-10/h3,7-10,13-15H,4H2,1-2H3/t7-,8-,9-,10-/m1/s1. The molecule has 6 heteroatoms. The van der Waals surface area contributed by atoms with Crippen molar-refractivity contribution in [2.24, 2.45) is 0 Å². The second-order valence-electron chi connectivity index (χ2n) is 4.10. The molecular formula is C10H16N2O4. The maximum absolute atomic E-state index is 9.80. The monoisotopic (exact) mass is 228 g/mol. The van der Waals surface area contributed by atoms with Crippen LogP contribution in [0.3, 0.4) is 0 Å². The van der Waals surface area contributed by atoms with Gasteiger partial charge in [0, 0.05) is 5.69 Å². The summed E-state index contributed by atoms with van der Waals surface area (Å²) in [4.78, 5) is 0. The van der Waals surface area contributed by atoms with E-state index in [-0.39, 0.29) is 6.61 Å². The van der Waals surface area contributed by atoms with E-state index in [2.05, 4.69) is 5.10 Å². The molecule has 0 saturated carbocycles. The molecule has 16 heavy (non-hydrogen) atoms. The summed E-state index contributed by atoms with van der Waals surface area (Å²) in [6.45, 7) is 3.35. The molecule has 4 atom stereocenters. The molecule has 1 aliphatic rings. The Morgan fingerprint density at radius 1 is 1.38 bits per heavy atom. The third kappa shape index (κ3) is 1.73. The molecule has 0 aliphatic carbocycles. The molecule has 1 saturated heterocycles. The Bertz CT molecular complexity index is 379. The van der Waals surface area contributed by atoms with Gasteiger partial charge in [-0.1, -0.05) is 0 Å². The van der Waals surface area contributed by atoms with E-state index >= 15 is 0 Å². The Kier molecular flexibility index (Phi) is 2.98. The summed E-state index contributed by atoms with van der Waals surface area (Å²) in [5.74, 6) is 0. The summed E-state index contributed by atoms with van der Waals surface area (Å²) in [5.41, 5.74) is 1.66. The summed E-state index contributed by atoms with van der Waals surface area (Å²) in [7, 11) is 0.